The van der Waals surface area contributed by atoms with E-state index in [1.165, 1.54) is 0 Å². The number of hydrogen-bond acceptors (Lipinski definition) is 5. The molecule has 0 aromatic carbocycles. The van der Waals surface area contributed by atoms with Crippen molar-refractivity contribution in [1.29, 1.82) is 0 Å². The highest BCUT2D eigenvalue weighted by molar-refractivity contribution is 5.85. The van der Waals surface area contributed by atoms with Crippen LogP contribution in [0.1, 0.15) is 28.8 Å². The van der Waals surface area contributed by atoms with Crippen LogP contribution in [0.5, 0.6) is 0 Å². The van der Waals surface area contributed by atoms with E-state index in [0.29, 0.717) is 22.3 Å². The van der Waals surface area contributed by atoms with Gasteiger partial charge in [-0.15, -0.1) is 0 Å². The quantitative estimate of drug-likeness (QED) is 0.718. The van der Waals surface area contributed by atoms with Gasteiger partial charge in [0.05, 0.1) is 17.4 Å². The third-order valence-electron chi connectivity index (χ3n) is 3.47. The number of alkyl halides is 3. The van der Waals surface area contributed by atoms with Crippen molar-refractivity contribution in [3.8, 4) is 11.3 Å². The minimum absolute atomic E-state index is 0.0387. The maximum Gasteiger partial charge on any atom is 0.433 e. The second kappa shape index (κ2) is 5.32. The minimum Gasteiger partial charge on any atom is -0.543 e. The molecule has 0 amide bonds. The summed E-state index contributed by atoms with van der Waals surface area (Å²) in [6, 6.07) is 1.76. The Bertz CT molecular complexity index is 942. The van der Waals surface area contributed by atoms with Crippen LogP contribution in [0, 0.1) is 6.92 Å². The lowest BCUT2D eigenvalue weighted by Gasteiger charge is -2.10. The predicted molar refractivity (Wildman–Crippen MR) is 74.0 cm³/mol. The summed E-state index contributed by atoms with van der Waals surface area (Å²) in [4.78, 5) is 15.0. The van der Waals surface area contributed by atoms with Gasteiger partial charge in [0, 0.05) is 24.4 Å². The Labute approximate surface area is 133 Å². The summed E-state index contributed by atoms with van der Waals surface area (Å²) in [5.74, 6) is -1.68. The van der Waals surface area contributed by atoms with Gasteiger partial charge in [0.1, 0.15) is 5.69 Å². The van der Waals surface area contributed by atoms with Gasteiger partial charge in [-0.05, 0) is 19.9 Å². The van der Waals surface area contributed by atoms with Crippen molar-refractivity contribution in [3.05, 3.63) is 35.4 Å². The SMILES string of the molecule is CCn1cc(-c2cc(C(F)(F)F)n3nc(C(=O)[O-])cc3n2)c(C)n1. The lowest BCUT2D eigenvalue weighted by molar-refractivity contribution is -0.255. The van der Waals surface area contributed by atoms with Crippen molar-refractivity contribution >= 4 is 11.6 Å². The Balaban J connectivity index is 2.30. The maximum atomic E-state index is 13.3. The monoisotopic (exact) mass is 338 g/mol. The molecule has 0 aliphatic carbocycles. The van der Waals surface area contributed by atoms with Gasteiger partial charge in [-0.25, -0.2) is 9.50 Å². The van der Waals surface area contributed by atoms with Crippen molar-refractivity contribution < 1.29 is 23.1 Å². The van der Waals surface area contributed by atoms with E-state index in [1.807, 2.05) is 6.92 Å². The number of rotatable bonds is 3. The van der Waals surface area contributed by atoms with Gasteiger partial charge < -0.3 is 9.90 Å². The Morgan fingerprint density at radius 3 is 2.54 bits per heavy atom. The summed E-state index contributed by atoms with van der Waals surface area (Å²) in [7, 11) is 0. The number of aromatic carboxylic acids is 1. The zero-order chi connectivity index (χ0) is 17.6. The molecule has 126 valence electrons. The highest BCUT2D eigenvalue weighted by atomic mass is 19.4. The summed E-state index contributed by atoms with van der Waals surface area (Å²) in [6.07, 6.45) is -3.15. The van der Waals surface area contributed by atoms with Crippen LogP contribution < -0.4 is 5.11 Å². The van der Waals surface area contributed by atoms with E-state index in [0.717, 1.165) is 12.1 Å². The molecule has 7 nitrogen and oxygen atoms in total. The van der Waals surface area contributed by atoms with Gasteiger partial charge in [0.2, 0.25) is 0 Å². The molecule has 0 saturated carbocycles. The van der Waals surface area contributed by atoms with Gasteiger partial charge in [0.15, 0.2) is 11.3 Å². The van der Waals surface area contributed by atoms with Crippen LogP contribution in [-0.4, -0.2) is 30.3 Å². The molecule has 0 unspecified atom stereocenters. The fraction of sp³-hybridized carbons (Fsp3) is 0.286. The topological polar surface area (TPSA) is 88.1 Å². The van der Waals surface area contributed by atoms with E-state index < -0.39 is 23.5 Å². The molecule has 0 saturated heterocycles. The number of carboxylic acid groups (broad SMARTS) is 1. The molecule has 0 aliphatic rings. The number of carboxylic acids is 1. The second-order valence-corrected chi connectivity index (χ2v) is 5.10. The number of hydrogen-bond donors (Lipinski definition) is 0. The Morgan fingerprint density at radius 1 is 1.29 bits per heavy atom. The molecule has 0 N–H and O–H groups in total. The minimum atomic E-state index is -4.74. The average molecular weight is 338 g/mol. The predicted octanol–water partition coefficient (Wildman–Crippen LogP) is 1.30. The molecule has 0 spiro atoms. The molecule has 3 rings (SSSR count). The maximum absolute atomic E-state index is 13.3. The molecule has 0 fully saturated rings. The molecule has 10 heteroatoms. The Morgan fingerprint density at radius 2 is 2.00 bits per heavy atom. The van der Waals surface area contributed by atoms with Crippen LogP contribution in [0.15, 0.2) is 18.3 Å². The van der Waals surface area contributed by atoms with E-state index in [2.05, 4.69) is 15.2 Å². The van der Waals surface area contributed by atoms with E-state index in [1.54, 1.807) is 17.8 Å². The van der Waals surface area contributed by atoms with Crippen molar-refractivity contribution in [2.45, 2.75) is 26.6 Å². The fourth-order valence-electron chi connectivity index (χ4n) is 2.35. The Hall–Kier alpha value is -2.91. The van der Waals surface area contributed by atoms with Gasteiger partial charge >= 0.3 is 6.18 Å². The first kappa shape index (κ1) is 16.0. The van der Waals surface area contributed by atoms with E-state index >= 15 is 0 Å². The van der Waals surface area contributed by atoms with E-state index in [4.69, 9.17) is 0 Å². The highest BCUT2D eigenvalue weighted by Crippen LogP contribution is 2.32. The summed E-state index contributed by atoms with van der Waals surface area (Å²) in [6.45, 7) is 4.05. The first-order valence-corrected chi connectivity index (χ1v) is 6.94. The van der Waals surface area contributed by atoms with Crippen LogP contribution >= 0.6 is 0 Å². The molecule has 3 aromatic heterocycles. The summed E-state index contributed by atoms with van der Waals surface area (Å²) in [5.41, 5.74) is -0.994. The highest BCUT2D eigenvalue weighted by Gasteiger charge is 2.35. The van der Waals surface area contributed by atoms with Gasteiger partial charge in [0.25, 0.3) is 0 Å². The molecule has 0 bridgehead atoms. The smallest absolute Gasteiger partial charge is 0.433 e. The number of aromatic nitrogens is 5. The fourth-order valence-corrected chi connectivity index (χ4v) is 2.35. The molecule has 24 heavy (non-hydrogen) atoms. The van der Waals surface area contributed by atoms with Gasteiger partial charge in [-0.2, -0.15) is 23.4 Å². The summed E-state index contributed by atoms with van der Waals surface area (Å²) in [5, 5.41) is 18.5. The third-order valence-corrected chi connectivity index (χ3v) is 3.47. The Kier molecular flexibility index (Phi) is 3.54. The molecule has 3 heterocycles. The normalized spacial score (nSPS) is 12.0. The number of nitrogens with zero attached hydrogens (tertiary/aromatic N) is 5. The van der Waals surface area contributed by atoms with Crippen molar-refractivity contribution in [2.24, 2.45) is 0 Å². The lowest BCUT2D eigenvalue weighted by atomic mass is 10.1. The largest absolute Gasteiger partial charge is 0.543 e. The first-order valence-electron chi connectivity index (χ1n) is 6.94. The average Bonchev–Trinajstić information content (AvgIpc) is 3.08. The molecule has 0 aliphatic heterocycles. The van der Waals surface area contributed by atoms with Crippen LogP contribution in [0.2, 0.25) is 0 Å². The molecular formula is C14H11F3N5O2-. The standard InChI is InChI=1S/C14H12F3N5O2/c1-3-21-6-8(7(2)19-21)9-4-11(14(15,16)17)22-12(18-9)5-10(20-22)13(23)24/h4-6H,3H2,1-2H3,(H,23,24)/p-1. The third kappa shape index (κ3) is 2.59. The molecule has 0 radical (unpaired) electrons. The van der Waals surface area contributed by atoms with Crippen LogP contribution in [-0.2, 0) is 12.7 Å². The summed E-state index contributed by atoms with van der Waals surface area (Å²) >= 11 is 0. The number of aryl methyl sites for hydroxylation is 2. The molecule has 3 aromatic rings. The van der Waals surface area contributed by atoms with Crippen molar-refractivity contribution in [1.82, 2.24) is 24.4 Å². The van der Waals surface area contributed by atoms with Crippen LogP contribution in [0.25, 0.3) is 16.9 Å². The number of carbonyl (C=O) groups excluding carboxylic acids is 1. The summed E-state index contributed by atoms with van der Waals surface area (Å²) < 4.78 is 42.0. The van der Waals surface area contributed by atoms with Gasteiger partial charge in [-0.1, -0.05) is 0 Å². The van der Waals surface area contributed by atoms with E-state index in [-0.39, 0.29) is 11.3 Å². The zero-order valence-electron chi connectivity index (χ0n) is 12.6. The number of fused-ring (bicyclic) bond motifs is 1. The van der Waals surface area contributed by atoms with Crippen molar-refractivity contribution in [2.75, 3.05) is 0 Å². The number of halogens is 3. The first-order chi connectivity index (χ1) is 11.2. The van der Waals surface area contributed by atoms with Crippen LogP contribution in [0.3, 0.4) is 0 Å². The van der Waals surface area contributed by atoms with E-state index in [9.17, 15) is 23.1 Å². The molecular weight excluding hydrogens is 327 g/mol. The second-order valence-electron chi connectivity index (χ2n) is 5.10. The number of carbonyl (C=O) groups is 1. The van der Waals surface area contributed by atoms with Gasteiger partial charge in [-0.3, -0.25) is 4.68 Å². The lowest BCUT2D eigenvalue weighted by Crippen LogP contribution is -2.23. The van der Waals surface area contributed by atoms with Crippen molar-refractivity contribution in [3.63, 3.8) is 0 Å². The molecule has 0 atom stereocenters. The van der Waals surface area contributed by atoms with Crippen LogP contribution in [0.4, 0.5) is 13.2 Å². The zero-order valence-corrected chi connectivity index (χ0v) is 12.6.